The van der Waals surface area contributed by atoms with Gasteiger partial charge in [0, 0.05) is 66.6 Å². The maximum Gasteiger partial charge on any atom is 0.340 e. The summed E-state index contributed by atoms with van der Waals surface area (Å²) in [5.41, 5.74) is 4.67. The molecule has 1 aliphatic rings. The third-order valence-corrected chi connectivity index (χ3v) is 7.11. The molecule has 5 rings (SSSR count). The van der Waals surface area contributed by atoms with Crippen LogP contribution in [0.15, 0.2) is 72.8 Å². The van der Waals surface area contributed by atoms with Gasteiger partial charge in [0.05, 0.1) is 25.3 Å². The van der Waals surface area contributed by atoms with Crippen LogP contribution in [0.2, 0.25) is 0 Å². The number of hydrogen-bond donors (Lipinski definition) is 1. The van der Waals surface area contributed by atoms with Crippen molar-refractivity contribution in [2.75, 3.05) is 26.1 Å². The number of para-hydroxylation sites is 1. The Morgan fingerprint density at radius 1 is 0.975 bits per heavy atom. The molecule has 1 atom stereocenters. The standard InChI is InChI=1S/C32H33N3O5/c1-4-29(31(36)33-22-16-23(38-2)18-24(17-22)39-3)40-32(37)30-25-12-8-9-13-27(25)34-28-14-15-35(20-26(28)30)19-21-10-6-5-7-11-21/h5-13,16-18,29H,4,14-15,19-20H2,1-3H3,(H,33,36). The van der Waals surface area contributed by atoms with Gasteiger partial charge in [-0.3, -0.25) is 14.7 Å². The summed E-state index contributed by atoms with van der Waals surface area (Å²) in [6.07, 6.45) is 0.0448. The fourth-order valence-electron chi connectivity index (χ4n) is 5.07. The number of hydrogen-bond acceptors (Lipinski definition) is 7. The lowest BCUT2D eigenvalue weighted by molar-refractivity contribution is -0.124. The molecule has 0 bridgehead atoms. The number of aromatic nitrogens is 1. The van der Waals surface area contributed by atoms with Crippen LogP contribution in [0.3, 0.4) is 0 Å². The lowest BCUT2D eigenvalue weighted by Gasteiger charge is -2.30. The fourth-order valence-corrected chi connectivity index (χ4v) is 5.07. The van der Waals surface area contributed by atoms with Crippen molar-refractivity contribution in [1.82, 2.24) is 9.88 Å². The van der Waals surface area contributed by atoms with E-state index in [1.54, 1.807) is 18.2 Å². The predicted molar refractivity (Wildman–Crippen MR) is 154 cm³/mol. The Labute approximate surface area is 233 Å². The van der Waals surface area contributed by atoms with Crippen LogP contribution < -0.4 is 14.8 Å². The van der Waals surface area contributed by atoms with Crippen LogP contribution in [0.4, 0.5) is 5.69 Å². The molecule has 40 heavy (non-hydrogen) atoms. The number of carbonyl (C=O) groups is 2. The van der Waals surface area contributed by atoms with Gasteiger partial charge in [-0.05, 0) is 18.1 Å². The van der Waals surface area contributed by atoms with Crippen molar-refractivity contribution < 1.29 is 23.8 Å². The van der Waals surface area contributed by atoms with Gasteiger partial charge >= 0.3 is 5.97 Å². The summed E-state index contributed by atoms with van der Waals surface area (Å²) in [4.78, 5) is 34.3. The van der Waals surface area contributed by atoms with E-state index in [4.69, 9.17) is 19.2 Å². The Kier molecular flexibility index (Phi) is 8.26. The zero-order valence-corrected chi connectivity index (χ0v) is 23.0. The molecule has 0 aliphatic carbocycles. The van der Waals surface area contributed by atoms with Gasteiger partial charge < -0.3 is 19.5 Å². The zero-order valence-electron chi connectivity index (χ0n) is 23.0. The Morgan fingerprint density at radius 3 is 2.38 bits per heavy atom. The van der Waals surface area contributed by atoms with E-state index in [0.717, 1.165) is 41.7 Å². The minimum atomic E-state index is -0.990. The van der Waals surface area contributed by atoms with Crippen molar-refractivity contribution in [3.05, 3.63) is 95.2 Å². The van der Waals surface area contributed by atoms with E-state index >= 15 is 0 Å². The number of ether oxygens (including phenoxy) is 3. The Balaban J connectivity index is 1.41. The molecule has 0 saturated carbocycles. The molecular weight excluding hydrogens is 506 g/mol. The molecule has 1 amide bonds. The number of methoxy groups -OCH3 is 2. The van der Waals surface area contributed by atoms with E-state index in [0.29, 0.717) is 35.7 Å². The Hall–Kier alpha value is -4.43. The monoisotopic (exact) mass is 539 g/mol. The summed E-state index contributed by atoms with van der Waals surface area (Å²) >= 11 is 0. The number of nitrogens with one attached hydrogen (secondary N) is 1. The SMILES string of the molecule is CCC(OC(=O)c1c2c(nc3ccccc13)CCN(Cc1ccccc1)C2)C(=O)Nc1cc(OC)cc(OC)c1. The molecule has 4 aromatic rings. The topological polar surface area (TPSA) is 90.0 Å². The molecule has 2 heterocycles. The van der Waals surface area contributed by atoms with Gasteiger partial charge in [0.15, 0.2) is 6.10 Å². The van der Waals surface area contributed by atoms with Crippen LogP contribution in [0.1, 0.15) is 40.5 Å². The minimum absolute atomic E-state index is 0.310. The average Bonchev–Trinajstić information content (AvgIpc) is 2.98. The van der Waals surface area contributed by atoms with Gasteiger partial charge in [0.25, 0.3) is 5.91 Å². The lowest BCUT2D eigenvalue weighted by Crippen LogP contribution is -2.34. The number of esters is 1. The Bertz CT molecular complexity index is 1500. The Morgan fingerprint density at radius 2 is 1.68 bits per heavy atom. The number of anilines is 1. The van der Waals surface area contributed by atoms with Gasteiger partial charge in [-0.15, -0.1) is 0 Å². The molecule has 1 aromatic heterocycles. The van der Waals surface area contributed by atoms with Crippen molar-refractivity contribution in [3.63, 3.8) is 0 Å². The molecule has 3 aromatic carbocycles. The fraction of sp³-hybridized carbons (Fsp3) is 0.281. The summed E-state index contributed by atoms with van der Waals surface area (Å²) in [6.45, 7) is 3.99. The second-order valence-electron chi connectivity index (χ2n) is 9.77. The molecule has 8 heteroatoms. The van der Waals surface area contributed by atoms with E-state index in [1.165, 1.54) is 19.8 Å². The van der Waals surface area contributed by atoms with Crippen molar-refractivity contribution >= 4 is 28.5 Å². The normalized spacial score (nSPS) is 13.8. The van der Waals surface area contributed by atoms with Gasteiger partial charge in [0.2, 0.25) is 0 Å². The zero-order chi connectivity index (χ0) is 28.1. The quantitative estimate of drug-likeness (QED) is 0.286. The molecule has 1 N–H and O–H groups in total. The first-order chi connectivity index (χ1) is 19.5. The van der Waals surface area contributed by atoms with Gasteiger partial charge in [0.1, 0.15) is 11.5 Å². The van der Waals surface area contributed by atoms with E-state index in [1.807, 2.05) is 49.4 Å². The largest absolute Gasteiger partial charge is 0.497 e. The summed E-state index contributed by atoms with van der Waals surface area (Å²) in [5.74, 6) is 0.120. The van der Waals surface area contributed by atoms with E-state index in [2.05, 4.69) is 22.3 Å². The summed E-state index contributed by atoms with van der Waals surface area (Å²) in [6, 6.07) is 22.9. The molecule has 206 valence electrons. The predicted octanol–water partition coefficient (Wildman–Crippen LogP) is 5.38. The maximum atomic E-state index is 13.8. The number of carbonyl (C=O) groups excluding carboxylic acids is 2. The first-order valence-electron chi connectivity index (χ1n) is 13.4. The number of pyridine rings is 1. The van der Waals surface area contributed by atoms with Crippen molar-refractivity contribution in [2.24, 2.45) is 0 Å². The highest BCUT2D eigenvalue weighted by Crippen LogP contribution is 2.30. The molecule has 0 spiro atoms. The highest BCUT2D eigenvalue weighted by Gasteiger charge is 2.29. The van der Waals surface area contributed by atoms with Crippen LogP contribution in [-0.2, 0) is 29.0 Å². The number of fused-ring (bicyclic) bond motifs is 2. The third kappa shape index (κ3) is 5.92. The van der Waals surface area contributed by atoms with Crippen LogP contribution >= 0.6 is 0 Å². The third-order valence-electron chi connectivity index (χ3n) is 7.11. The average molecular weight is 540 g/mol. The van der Waals surface area contributed by atoms with Crippen LogP contribution in [0.25, 0.3) is 10.9 Å². The molecular formula is C32H33N3O5. The van der Waals surface area contributed by atoms with Crippen LogP contribution in [0.5, 0.6) is 11.5 Å². The molecule has 0 fully saturated rings. The van der Waals surface area contributed by atoms with Crippen LogP contribution in [0, 0.1) is 0 Å². The lowest BCUT2D eigenvalue weighted by atomic mass is 9.95. The van der Waals surface area contributed by atoms with Crippen LogP contribution in [-0.4, -0.2) is 48.6 Å². The first-order valence-corrected chi connectivity index (χ1v) is 13.4. The molecule has 8 nitrogen and oxygen atoms in total. The van der Waals surface area contributed by atoms with Gasteiger partial charge in [-0.2, -0.15) is 0 Å². The molecule has 0 radical (unpaired) electrons. The molecule has 1 aliphatic heterocycles. The number of benzene rings is 3. The van der Waals surface area contributed by atoms with Gasteiger partial charge in [-0.25, -0.2) is 4.79 Å². The molecule has 0 saturated heterocycles. The van der Waals surface area contributed by atoms with E-state index in [-0.39, 0.29) is 0 Å². The van der Waals surface area contributed by atoms with E-state index in [9.17, 15) is 9.59 Å². The maximum absolute atomic E-state index is 13.8. The van der Waals surface area contributed by atoms with Crippen molar-refractivity contribution in [3.8, 4) is 11.5 Å². The second kappa shape index (κ2) is 12.2. The molecule has 1 unspecified atom stereocenters. The first kappa shape index (κ1) is 27.1. The summed E-state index contributed by atoms with van der Waals surface area (Å²) in [5, 5.41) is 3.56. The second-order valence-corrected chi connectivity index (χ2v) is 9.77. The number of amides is 1. The summed E-state index contributed by atoms with van der Waals surface area (Å²) in [7, 11) is 3.08. The highest BCUT2D eigenvalue weighted by atomic mass is 16.5. The minimum Gasteiger partial charge on any atom is -0.497 e. The smallest absolute Gasteiger partial charge is 0.340 e. The van der Waals surface area contributed by atoms with E-state index < -0.39 is 18.0 Å². The van der Waals surface area contributed by atoms with Gasteiger partial charge in [-0.1, -0.05) is 55.5 Å². The van der Waals surface area contributed by atoms with Crippen molar-refractivity contribution in [2.45, 2.75) is 39.0 Å². The highest BCUT2D eigenvalue weighted by molar-refractivity contribution is 6.06. The van der Waals surface area contributed by atoms with Crippen molar-refractivity contribution in [1.29, 1.82) is 0 Å². The number of nitrogens with zero attached hydrogens (tertiary/aromatic N) is 2. The number of rotatable bonds is 9. The summed E-state index contributed by atoms with van der Waals surface area (Å²) < 4.78 is 16.5.